The van der Waals surface area contributed by atoms with E-state index in [1.54, 1.807) is 25.1 Å². The van der Waals surface area contributed by atoms with Crippen LogP contribution in [0.1, 0.15) is 22.3 Å². The maximum absolute atomic E-state index is 15.1. The third-order valence-corrected chi connectivity index (χ3v) is 6.51. The van der Waals surface area contributed by atoms with E-state index in [9.17, 15) is 17.6 Å². The molecule has 0 atom stereocenters. The van der Waals surface area contributed by atoms with Crippen LogP contribution >= 0.6 is 0 Å². The minimum Gasteiger partial charge on any atom is -0.436 e. The van der Waals surface area contributed by atoms with Crippen molar-refractivity contribution in [2.75, 3.05) is 7.05 Å². The Balaban J connectivity index is 1.64. The van der Waals surface area contributed by atoms with E-state index in [2.05, 4.69) is 14.4 Å². The topological polar surface area (TPSA) is 111 Å². The highest BCUT2D eigenvalue weighted by molar-refractivity contribution is 7.87. The van der Waals surface area contributed by atoms with Crippen molar-refractivity contribution in [3.05, 3.63) is 99.0 Å². The lowest BCUT2D eigenvalue weighted by Gasteiger charge is -2.12. The number of pyridine rings is 1. The molecule has 2 heterocycles. The Labute approximate surface area is 199 Å². The number of halogens is 2. The molecule has 0 amide bonds. The molecule has 2 aromatic carbocycles. The van der Waals surface area contributed by atoms with Crippen LogP contribution in [-0.4, -0.2) is 20.4 Å². The summed E-state index contributed by atoms with van der Waals surface area (Å²) in [5.41, 5.74) is 0.762. The zero-order valence-corrected chi connectivity index (χ0v) is 19.6. The van der Waals surface area contributed by atoms with Gasteiger partial charge in [0.15, 0.2) is 5.82 Å². The first-order valence-corrected chi connectivity index (χ1v) is 12.0. The Morgan fingerprint density at radius 3 is 2.60 bits per heavy atom. The number of aryl methyl sites for hydroxylation is 1. The number of nitrogens with one attached hydrogen (secondary N) is 2. The quantitative estimate of drug-likeness (QED) is 0.356. The number of rotatable bonds is 8. The lowest BCUT2D eigenvalue weighted by atomic mass is 9.98. The molecule has 2 aromatic heterocycles. The first kappa shape index (κ1) is 24.5. The lowest BCUT2D eigenvalue weighted by molar-refractivity contribution is 0.422. The van der Waals surface area contributed by atoms with Gasteiger partial charge >= 0.3 is 5.63 Å². The molecule has 0 spiro atoms. The van der Waals surface area contributed by atoms with Crippen molar-refractivity contribution >= 4 is 21.2 Å². The van der Waals surface area contributed by atoms with Crippen molar-refractivity contribution < 1.29 is 26.4 Å². The maximum atomic E-state index is 15.1. The highest BCUT2D eigenvalue weighted by Crippen LogP contribution is 2.28. The Morgan fingerprint density at radius 2 is 1.86 bits per heavy atom. The summed E-state index contributed by atoms with van der Waals surface area (Å²) in [7, 11) is -2.50. The second-order valence-corrected chi connectivity index (χ2v) is 9.34. The summed E-state index contributed by atoms with van der Waals surface area (Å²) in [6, 6.07) is 11.9. The van der Waals surface area contributed by atoms with Crippen molar-refractivity contribution in [1.82, 2.24) is 14.4 Å². The molecule has 0 fully saturated rings. The van der Waals surface area contributed by atoms with Crippen LogP contribution in [0.2, 0.25) is 0 Å². The van der Waals surface area contributed by atoms with Gasteiger partial charge in [-0.1, -0.05) is 18.2 Å². The molecule has 0 aliphatic rings. The zero-order chi connectivity index (χ0) is 25.2. The molecule has 0 radical (unpaired) electrons. The second kappa shape index (κ2) is 9.90. The molecule has 0 aliphatic heterocycles. The highest BCUT2D eigenvalue weighted by Gasteiger charge is 2.17. The lowest BCUT2D eigenvalue weighted by Crippen LogP contribution is -2.33. The fourth-order valence-corrected chi connectivity index (χ4v) is 4.03. The summed E-state index contributed by atoms with van der Waals surface area (Å²) < 4.78 is 67.3. The smallest absolute Gasteiger partial charge is 0.340 e. The van der Waals surface area contributed by atoms with Gasteiger partial charge in [0.1, 0.15) is 17.1 Å². The minimum absolute atomic E-state index is 0.0556. The number of fused-ring (bicyclic) bond motifs is 1. The highest BCUT2D eigenvalue weighted by atomic mass is 32.2. The fourth-order valence-electron chi connectivity index (χ4n) is 3.54. The van der Waals surface area contributed by atoms with Crippen molar-refractivity contribution in [2.24, 2.45) is 0 Å². The van der Waals surface area contributed by atoms with E-state index in [0.29, 0.717) is 10.9 Å². The Morgan fingerprint density at radius 1 is 1.09 bits per heavy atom. The zero-order valence-electron chi connectivity index (χ0n) is 18.8. The molecular weight excluding hydrogens is 480 g/mol. The molecule has 0 saturated heterocycles. The summed E-state index contributed by atoms with van der Waals surface area (Å²) in [4.78, 5) is 16.6. The SMILES string of the molecule is CNS(=O)(=O)NCc1cccc(Cc2c(C)c3ccc(Oc4ncccc4F)cc3oc2=O)c1F. The van der Waals surface area contributed by atoms with Crippen molar-refractivity contribution in [2.45, 2.75) is 19.9 Å². The number of aromatic nitrogens is 1. The van der Waals surface area contributed by atoms with E-state index in [1.165, 1.54) is 43.6 Å². The Hall–Kier alpha value is -3.67. The molecule has 182 valence electrons. The van der Waals surface area contributed by atoms with E-state index in [4.69, 9.17) is 9.15 Å². The van der Waals surface area contributed by atoms with Crippen LogP contribution in [0.5, 0.6) is 11.6 Å². The van der Waals surface area contributed by atoms with Crippen LogP contribution in [0.15, 0.2) is 63.9 Å². The molecule has 11 heteroatoms. The fraction of sp³-hybridized carbons (Fsp3) is 0.167. The summed E-state index contributed by atoms with van der Waals surface area (Å²) in [6.07, 6.45) is 1.33. The van der Waals surface area contributed by atoms with Gasteiger partial charge in [0.05, 0.1) is 0 Å². The van der Waals surface area contributed by atoms with E-state index in [0.717, 1.165) is 0 Å². The first-order valence-electron chi connectivity index (χ1n) is 10.5. The van der Waals surface area contributed by atoms with Gasteiger partial charge in [-0.05, 0) is 42.3 Å². The average Bonchev–Trinajstić information content (AvgIpc) is 2.83. The number of hydrogen-bond donors (Lipinski definition) is 2. The summed E-state index contributed by atoms with van der Waals surface area (Å²) in [5.74, 6) is -1.24. The van der Waals surface area contributed by atoms with Crippen molar-refractivity contribution in [3.8, 4) is 11.6 Å². The monoisotopic (exact) mass is 501 g/mol. The Bertz CT molecular complexity index is 1570. The largest absolute Gasteiger partial charge is 0.436 e. The van der Waals surface area contributed by atoms with Gasteiger partial charge in [0.25, 0.3) is 16.1 Å². The standard InChI is InChI=1S/C24H21F2N3O5S/c1-14-18-9-8-17(33-23-20(25)7-4-10-28-23)12-21(18)34-24(30)19(14)11-15-5-3-6-16(22(15)26)13-29-35(31,32)27-2/h3-10,12,27,29H,11,13H2,1-2H3. The van der Waals surface area contributed by atoms with Gasteiger partial charge in [-0.2, -0.15) is 13.1 Å². The minimum atomic E-state index is -3.74. The second-order valence-electron chi connectivity index (χ2n) is 7.64. The number of ether oxygens (including phenoxy) is 1. The molecule has 35 heavy (non-hydrogen) atoms. The predicted molar refractivity (Wildman–Crippen MR) is 126 cm³/mol. The van der Waals surface area contributed by atoms with E-state index >= 15 is 4.39 Å². The van der Waals surface area contributed by atoms with Crippen LogP contribution in [0.4, 0.5) is 8.78 Å². The van der Waals surface area contributed by atoms with Gasteiger partial charge < -0.3 is 9.15 Å². The summed E-state index contributed by atoms with van der Waals surface area (Å²) >= 11 is 0. The van der Waals surface area contributed by atoms with E-state index in [-0.39, 0.29) is 46.9 Å². The van der Waals surface area contributed by atoms with Gasteiger partial charge in [-0.15, -0.1) is 0 Å². The molecule has 4 aromatic rings. The van der Waals surface area contributed by atoms with Gasteiger partial charge in [-0.25, -0.2) is 23.3 Å². The normalized spacial score (nSPS) is 11.7. The number of hydrogen-bond acceptors (Lipinski definition) is 6. The third kappa shape index (κ3) is 5.37. The summed E-state index contributed by atoms with van der Waals surface area (Å²) in [5, 5.41) is 0.604. The molecule has 4 rings (SSSR count). The van der Waals surface area contributed by atoms with Gasteiger partial charge in [-0.3, -0.25) is 0 Å². The van der Waals surface area contributed by atoms with Crippen LogP contribution < -0.4 is 19.8 Å². The molecule has 0 unspecified atom stereocenters. The molecule has 0 aliphatic carbocycles. The van der Waals surface area contributed by atoms with Crippen LogP contribution in [0.3, 0.4) is 0 Å². The molecular formula is C24H21F2N3O5S. The van der Waals surface area contributed by atoms with Gasteiger partial charge in [0, 0.05) is 48.8 Å². The number of nitrogens with zero attached hydrogens (tertiary/aromatic N) is 1. The van der Waals surface area contributed by atoms with Crippen LogP contribution in [0, 0.1) is 18.6 Å². The van der Waals surface area contributed by atoms with Crippen molar-refractivity contribution in [3.63, 3.8) is 0 Å². The van der Waals surface area contributed by atoms with E-state index in [1.807, 2.05) is 0 Å². The predicted octanol–water partition coefficient (Wildman–Crippen LogP) is 3.71. The average molecular weight is 502 g/mol. The first-order chi connectivity index (χ1) is 16.7. The Kier molecular flexibility index (Phi) is 6.92. The number of benzene rings is 2. The molecule has 0 saturated carbocycles. The van der Waals surface area contributed by atoms with E-state index < -0.39 is 27.5 Å². The maximum Gasteiger partial charge on any atom is 0.340 e. The summed E-state index contributed by atoms with van der Waals surface area (Å²) in [6.45, 7) is 1.46. The third-order valence-electron chi connectivity index (χ3n) is 5.45. The van der Waals surface area contributed by atoms with Crippen LogP contribution in [-0.2, 0) is 23.2 Å². The molecule has 0 bridgehead atoms. The van der Waals surface area contributed by atoms with Crippen molar-refractivity contribution in [1.29, 1.82) is 0 Å². The van der Waals surface area contributed by atoms with Gasteiger partial charge in [0.2, 0.25) is 0 Å². The van der Waals surface area contributed by atoms with Crippen LogP contribution in [0.25, 0.3) is 11.0 Å². The molecule has 2 N–H and O–H groups in total. The molecule has 8 nitrogen and oxygen atoms in total.